The topological polar surface area (TPSA) is 75.7 Å². The van der Waals surface area contributed by atoms with Gasteiger partial charge < -0.3 is 10.1 Å². The number of carbonyl (C=O) groups is 3. The van der Waals surface area contributed by atoms with Crippen molar-refractivity contribution in [3.63, 3.8) is 0 Å². The summed E-state index contributed by atoms with van der Waals surface area (Å²) in [5.41, 5.74) is -1.24. The van der Waals surface area contributed by atoms with Gasteiger partial charge in [0.2, 0.25) is 0 Å². The van der Waals surface area contributed by atoms with E-state index in [2.05, 4.69) is 5.32 Å². The average Bonchev–Trinajstić information content (AvgIpc) is 2.88. The summed E-state index contributed by atoms with van der Waals surface area (Å²) in [7, 11) is 1.45. The molecule has 1 N–H and O–H groups in total. The van der Waals surface area contributed by atoms with Gasteiger partial charge in [0.25, 0.3) is 5.91 Å². The van der Waals surface area contributed by atoms with Crippen LogP contribution in [0.1, 0.15) is 22.8 Å². The van der Waals surface area contributed by atoms with Crippen LogP contribution in [-0.2, 0) is 10.3 Å². The van der Waals surface area contributed by atoms with Crippen molar-refractivity contribution in [3.8, 4) is 5.75 Å². The van der Waals surface area contributed by atoms with Crippen LogP contribution >= 0.6 is 0 Å². The second-order valence-electron chi connectivity index (χ2n) is 6.23. The molecule has 0 unspecified atom stereocenters. The summed E-state index contributed by atoms with van der Waals surface area (Å²) in [6.07, 6.45) is 0. The van der Waals surface area contributed by atoms with Crippen LogP contribution in [0, 0.1) is 11.6 Å². The highest BCUT2D eigenvalue weighted by Crippen LogP contribution is 2.30. The van der Waals surface area contributed by atoms with E-state index in [1.807, 2.05) is 0 Å². The van der Waals surface area contributed by atoms with Gasteiger partial charge in [0, 0.05) is 5.56 Å². The Labute approximate surface area is 153 Å². The molecule has 3 rings (SSSR count). The zero-order valence-corrected chi connectivity index (χ0v) is 14.6. The van der Waals surface area contributed by atoms with E-state index in [4.69, 9.17) is 4.74 Å². The summed E-state index contributed by atoms with van der Waals surface area (Å²) in [4.78, 5) is 38.3. The van der Waals surface area contributed by atoms with Crippen LogP contribution in [0.2, 0.25) is 0 Å². The van der Waals surface area contributed by atoms with Crippen LogP contribution in [0.3, 0.4) is 0 Å². The quantitative estimate of drug-likeness (QED) is 0.645. The van der Waals surface area contributed by atoms with E-state index >= 15 is 0 Å². The third-order valence-electron chi connectivity index (χ3n) is 4.47. The Bertz CT molecular complexity index is 947. The number of imide groups is 1. The lowest BCUT2D eigenvalue weighted by Gasteiger charge is -2.22. The van der Waals surface area contributed by atoms with Gasteiger partial charge in [0.05, 0.1) is 13.7 Å². The fourth-order valence-corrected chi connectivity index (χ4v) is 2.87. The predicted octanol–water partition coefficient (Wildman–Crippen LogP) is 2.62. The second kappa shape index (κ2) is 6.79. The van der Waals surface area contributed by atoms with E-state index in [1.165, 1.54) is 32.2 Å². The van der Waals surface area contributed by atoms with E-state index in [0.717, 1.165) is 17.0 Å². The number of urea groups is 1. The Morgan fingerprint density at radius 2 is 1.89 bits per heavy atom. The van der Waals surface area contributed by atoms with Gasteiger partial charge in [0.1, 0.15) is 11.3 Å². The zero-order chi connectivity index (χ0) is 19.8. The molecule has 1 heterocycles. The first-order valence-electron chi connectivity index (χ1n) is 8.03. The Kier molecular flexibility index (Phi) is 4.65. The summed E-state index contributed by atoms with van der Waals surface area (Å²) in [5, 5.41) is 2.44. The molecule has 0 radical (unpaired) electrons. The van der Waals surface area contributed by atoms with E-state index in [0.29, 0.717) is 5.75 Å². The molecule has 3 amide bonds. The maximum Gasteiger partial charge on any atom is 0.325 e. The largest absolute Gasteiger partial charge is 0.497 e. The van der Waals surface area contributed by atoms with Crippen LogP contribution in [0.4, 0.5) is 13.6 Å². The monoisotopic (exact) mass is 374 g/mol. The first-order chi connectivity index (χ1) is 12.8. The molecule has 1 fully saturated rings. The molecule has 140 valence electrons. The molecular formula is C19H16F2N2O4. The van der Waals surface area contributed by atoms with Gasteiger partial charge >= 0.3 is 6.03 Å². The van der Waals surface area contributed by atoms with Gasteiger partial charge in [-0.15, -0.1) is 0 Å². The summed E-state index contributed by atoms with van der Waals surface area (Å²) in [5.74, 6) is -2.93. The molecule has 1 atom stereocenters. The van der Waals surface area contributed by atoms with Gasteiger partial charge in [-0.05, 0) is 36.8 Å². The summed E-state index contributed by atoms with van der Waals surface area (Å²) >= 11 is 0. The third kappa shape index (κ3) is 3.25. The highest BCUT2D eigenvalue weighted by molar-refractivity contribution is 6.11. The van der Waals surface area contributed by atoms with Crippen LogP contribution in [0.15, 0.2) is 42.5 Å². The van der Waals surface area contributed by atoms with Gasteiger partial charge in [-0.2, -0.15) is 0 Å². The Morgan fingerprint density at radius 1 is 1.15 bits per heavy atom. The maximum absolute atomic E-state index is 13.5. The second-order valence-corrected chi connectivity index (χ2v) is 6.23. The number of nitrogens with zero attached hydrogens (tertiary/aromatic N) is 1. The lowest BCUT2D eigenvalue weighted by Crippen LogP contribution is -2.41. The molecule has 2 aromatic rings. The minimum Gasteiger partial charge on any atom is -0.497 e. The Morgan fingerprint density at radius 3 is 2.56 bits per heavy atom. The molecule has 6 nitrogen and oxygen atoms in total. The molecule has 0 bridgehead atoms. The molecule has 0 aliphatic carbocycles. The minimum atomic E-state index is -1.60. The molecule has 2 aromatic carbocycles. The van der Waals surface area contributed by atoms with Crippen LogP contribution in [-0.4, -0.2) is 36.3 Å². The Balaban J connectivity index is 1.85. The van der Waals surface area contributed by atoms with Gasteiger partial charge in [-0.25, -0.2) is 13.6 Å². The van der Waals surface area contributed by atoms with E-state index in [1.54, 1.807) is 12.1 Å². The minimum absolute atomic E-state index is 0.0797. The van der Waals surface area contributed by atoms with Crippen molar-refractivity contribution in [1.29, 1.82) is 0 Å². The number of amides is 3. The van der Waals surface area contributed by atoms with Gasteiger partial charge in [-0.3, -0.25) is 14.5 Å². The van der Waals surface area contributed by atoms with E-state index in [9.17, 15) is 23.2 Å². The zero-order valence-electron chi connectivity index (χ0n) is 14.6. The molecule has 27 heavy (non-hydrogen) atoms. The van der Waals surface area contributed by atoms with E-state index in [-0.39, 0.29) is 11.1 Å². The third-order valence-corrected chi connectivity index (χ3v) is 4.47. The molecule has 1 aliphatic rings. The molecule has 1 aliphatic heterocycles. The highest BCUT2D eigenvalue weighted by atomic mass is 19.2. The van der Waals surface area contributed by atoms with Crippen LogP contribution < -0.4 is 10.1 Å². The number of methoxy groups -OCH3 is 1. The molecule has 0 saturated carbocycles. The number of rotatable bonds is 5. The van der Waals surface area contributed by atoms with E-state index < -0.39 is 41.4 Å². The number of carbonyl (C=O) groups excluding carboxylic acids is 3. The summed E-state index contributed by atoms with van der Waals surface area (Å²) in [6, 6.07) is 8.45. The number of ether oxygens (including phenoxy) is 1. The fourth-order valence-electron chi connectivity index (χ4n) is 2.87. The Hall–Kier alpha value is -3.29. The number of halogens is 2. The number of hydrogen-bond acceptors (Lipinski definition) is 4. The van der Waals surface area contributed by atoms with Crippen molar-refractivity contribution >= 4 is 17.7 Å². The molecule has 0 spiro atoms. The van der Waals surface area contributed by atoms with Gasteiger partial charge in [0.15, 0.2) is 17.4 Å². The fraction of sp³-hybridized carbons (Fsp3) is 0.211. The van der Waals surface area contributed by atoms with Gasteiger partial charge in [-0.1, -0.05) is 18.2 Å². The number of ketones is 1. The lowest BCUT2D eigenvalue weighted by atomic mass is 9.92. The molecule has 8 heteroatoms. The van der Waals surface area contributed by atoms with Crippen molar-refractivity contribution in [1.82, 2.24) is 10.2 Å². The average molecular weight is 374 g/mol. The normalized spacial score (nSPS) is 19.2. The standard InChI is InChI=1S/C19H16F2N2O4/c1-19(12-6-7-14(20)15(21)9-12)17(25)23(18(26)22-19)10-16(24)11-4-3-5-13(8-11)27-2/h3-9H,10H2,1-2H3,(H,22,26)/t19-/m0/s1. The highest BCUT2D eigenvalue weighted by Gasteiger charge is 2.49. The first-order valence-corrected chi connectivity index (χ1v) is 8.03. The lowest BCUT2D eigenvalue weighted by molar-refractivity contribution is -0.130. The number of nitrogens with one attached hydrogen (secondary N) is 1. The smallest absolute Gasteiger partial charge is 0.325 e. The molecule has 1 saturated heterocycles. The van der Waals surface area contributed by atoms with Crippen molar-refractivity contribution in [2.24, 2.45) is 0 Å². The van der Waals surface area contributed by atoms with Crippen molar-refractivity contribution < 1.29 is 27.9 Å². The summed E-state index contributed by atoms with van der Waals surface area (Å²) < 4.78 is 31.8. The van der Waals surface area contributed by atoms with Crippen LogP contribution in [0.25, 0.3) is 0 Å². The summed E-state index contributed by atoms with van der Waals surface area (Å²) in [6.45, 7) is 0.882. The van der Waals surface area contributed by atoms with Crippen molar-refractivity contribution in [2.45, 2.75) is 12.5 Å². The van der Waals surface area contributed by atoms with Crippen molar-refractivity contribution in [2.75, 3.05) is 13.7 Å². The van der Waals surface area contributed by atoms with Crippen LogP contribution in [0.5, 0.6) is 5.75 Å². The van der Waals surface area contributed by atoms with Crippen molar-refractivity contribution in [3.05, 3.63) is 65.2 Å². The molecule has 0 aromatic heterocycles. The predicted molar refractivity (Wildman–Crippen MR) is 91.3 cm³/mol. The number of Topliss-reactive ketones (excluding diaryl/α,β-unsaturated/α-hetero) is 1. The maximum atomic E-state index is 13.5. The first kappa shape index (κ1) is 18.5. The number of benzene rings is 2. The number of hydrogen-bond donors (Lipinski definition) is 1. The molecular weight excluding hydrogens is 358 g/mol. The SMILES string of the molecule is COc1cccc(C(=O)CN2C(=O)N[C@@](C)(c3ccc(F)c(F)c3)C2=O)c1.